The standard InChI is InChI=1S/C5H13NO/c1-3-4-5(2)7-6/h5H,3-4,6H2,1-2H3. The monoisotopic (exact) mass is 103 g/mol. The summed E-state index contributed by atoms with van der Waals surface area (Å²) in [4.78, 5) is 4.49. The van der Waals surface area contributed by atoms with Gasteiger partial charge in [-0.3, -0.25) is 0 Å². The largest absolute Gasteiger partial charge is 0.302 e. The van der Waals surface area contributed by atoms with Gasteiger partial charge in [0.1, 0.15) is 0 Å². The molecule has 44 valence electrons. The first kappa shape index (κ1) is 6.92. The van der Waals surface area contributed by atoms with Gasteiger partial charge in [-0.25, -0.2) is 5.90 Å². The molecule has 0 aliphatic carbocycles. The van der Waals surface area contributed by atoms with Crippen LogP contribution in [0.3, 0.4) is 0 Å². The van der Waals surface area contributed by atoms with Crippen molar-refractivity contribution in [2.75, 3.05) is 0 Å². The Balaban J connectivity index is 2.83. The zero-order chi connectivity index (χ0) is 5.70. The van der Waals surface area contributed by atoms with Crippen molar-refractivity contribution in [3.8, 4) is 0 Å². The van der Waals surface area contributed by atoms with Crippen LogP contribution in [-0.4, -0.2) is 6.10 Å². The van der Waals surface area contributed by atoms with E-state index < -0.39 is 0 Å². The molecule has 0 aliphatic heterocycles. The highest BCUT2D eigenvalue weighted by molar-refractivity contribution is 4.43. The summed E-state index contributed by atoms with van der Waals surface area (Å²) in [7, 11) is 0. The fraction of sp³-hybridized carbons (Fsp3) is 1.00. The van der Waals surface area contributed by atoms with E-state index in [0.29, 0.717) is 0 Å². The van der Waals surface area contributed by atoms with E-state index in [2.05, 4.69) is 11.8 Å². The Labute approximate surface area is 44.6 Å². The molecule has 2 N–H and O–H groups in total. The lowest BCUT2D eigenvalue weighted by Gasteiger charge is -2.03. The minimum Gasteiger partial charge on any atom is -0.302 e. The summed E-state index contributed by atoms with van der Waals surface area (Å²) in [6.07, 6.45) is 2.42. The van der Waals surface area contributed by atoms with Crippen LogP contribution in [0.1, 0.15) is 26.7 Å². The first-order valence-electron chi connectivity index (χ1n) is 2.66. The fourth-order valence-corrected chi connectivity index (χ4v) is 0.475. The Morgan fingerprint density at radius 1 is 1.71 bits per heavy atom. The van der Waals surface area contributed by atoms with E-state index >= 15 is 0 Å². The zero-order valence-electron chi connectivity index (χ0n) is 4.98. The molecule has 2 heteroatoms. The maximum absolute atomic E-state index is 4.86. The molecule has 0 rings (SSSR count). The first-order chi connectivity index (χ1) is 3.31. The second-order valence-electron chi connectivity index (χ2n) is 1.74. The lowest BCUT2D eigenvalue weighted by Crippen LogP contribution is -2.11. The molecule has 0 saturated heterocycles. The maximum Gasteiger partial charge on any atom is 0.0759 e. The van der Waals surface area contributed by atoms with Crippen LogP contribution in [0.15, 0.2) is 0 Å². The van der Waals surface area contributed by atoms with Crippen molar-refractivity contribution in [3.63, 3.8) is 0 Å². The van der Waals surface area contributed by atoms with E-state index in [1.807, 2.05) is 6.92 Å². The average molecular weight is 103 g/mol. The van der Waals surface area contributed by atoms with Crippen molar-refractivity contribution >= 4 is 0 Å². The molecular formula is C5H13NO. The molecule has 0 aromatic rings. The van der Waals surface area contributed by atoms with E-state index in [9.17, 15) is 0 Å². The van der Waals surface area contributed by atoms with Crippen LogP contribution in [0.5, 0.6) is 0 Å². The van der Waals surface area contributed by atoms with Gasteiger partial charge in [-0.15, -0.1) is 0 Å². The van der Waals surface area contributed by atoms with Crippen molar-refractivity contribution in [3.05, 3.63) is 0 Å². The number of hydrogen-bond donors (Lipinski definition) is 1. The van der Waals surface area contributed by atoms with E-state index in [1.54, 1.807) is 0 Å². The summed E-state index contributed by atoms with van der Waals surface area (Å²) in [5.74, 6) is 4.86. The quantitative estimate of drug-likeness (QED) is 0.542. The van der Waals surface area contributed by atoms with Gasteiger partial charge in [-0.1, -0.05) is 13.3 Å². The second kappa shape index (κ2) is 4.09. The molecule has 0 aromatic carbocycles. The summed E-state index contributed by atoms with van der Waals surface area (Å²) < 4.78 is 0. The third kappa shape index (κ3) is 3.76. The van der Waals surface area contributed by atoms with Gasteiger partial charge in [-0.2, -0.15) is 0 Å². The van der Waals surface area contributed by atoms with Crippen LogP contribution < -0.4 is 5.90 Å². The molecule has 7 heavy (non-hydrogen) atoms. The van der Waals surface area contributed by atoms with Crippen molar-refractivity contribution < 1.29 is 4.84 Å². The Bertz CT molecular complexity index is 39.1. The maximum atomic E-state index is 4.86. The number of hydrogen-bond acceptors (Lipinski definition) is 2. The summed E-state index contributed by atoms with van der Waals surface area (Å²) in [6, 6.07) is 0. The highest BCUT2D eigenvalue weighted by Gasteiger charge is 1.93. The Hall–Kier alpha value is -0.0800. The van der Waals surface area contributed by atoms with Gasteiger partial charge >= 0.3 is 0 Å². The van der Waals surface area contributed by atoms with E-state index in [0.717, 1.165) is 12.8 Å². The molecular weight excluding hydrogens is 90.1 g/mol. The topological polar surface area (TPSA) is 35.2 Å². The number of nitrogens with two attached hydrogens (primary N) is 1. The van der Waals surface area contributed by atoms with Crippen molar-refractivity contribution in [2.24, 2.45) is 5.90 Å². The lowest BCUT2D eigenvalue weighted by atomic mass is 10.2. The summed E-state index contributed by atoms with van der Waals surface area (Å²) in [5.41, 5.74) is 0. The third-order valence-electron chi connectivity index (χ3n) is 0.928. The van der Waals surface area contributed by atoms with Gasteiger partial charge in [0.2, 0.25) is 0 Å². The summed E-state index contributed by atoms with van der Waals surface area (Å²) in [5, 5.41) is 0. The molecule has 1 unspecified atom stereocenters. The van der Waals surface area contributed by atoms with Gasteiger partial charge in [0.05, 0.1) is 6.10 Å². The van der Waals surface area contributed by atoms with Gasteiger partial charge in [0, 0.05) is 0 Å². The Kier molecular flexibility index (Phi) is 4.04. The first-order valence-corrected chi connectivity index (χ1v) is 2.66. The third-order valence-corrected chi connectivity index (χ3v) is 0.928. The molecule has 0 bridgehead atoms. The minimum absolute atomic E-state index is 0.227. The number of rotatable bonds is 3. The van der Waals surface area contributed by atoms with Crippen LogP contribution in [-0.2, 0) is 4.84 Å². The van der Waals surface area contributed by atoms with Crippen LogP contribution in [0.2, 0.25) is 0 Å². The second-order valence-corrected chi connectivity index (χ2v) is 1.74. The van der Waals surface area contributed by atoms with E-state index in [4.69, 9.17) is 5.90 Å². The molecule has 0 aliphatic rings. The smallest absolute Gasteiger partial charge is 0.0759 e. The van der Waals surface area contributed by atoms with Crippen LogP contribution in [0, 0.1) is 0 Å². The van der Waals surface area contributed by atoms with Gasteiger partial charge in [0.25, 0.3) is 0 Å². The van der Waals surface area contributed by atoms with E-state index in [1.165, 1.54) is 0 Å². The van der Waals surface area contributed by atoms with Crippen LogP contribution in [0.25, 0.3) is 0 Å². The molecule has 1 atom stereocenters. The normalized spacial score (nSPS) is 14.1. The highest BCUT2D eigenvalue weighted by atomic mass is 16.6. The Morgan fingerprint density at radius 3 is 2.43 bits per heavy atom. The van der Waals surface area contributed by atoms with Crippen LogP contribution >= 0.6 is 0 Å². The van der Waals surface area contributed by atoms with Crippen molar-refractivity contribution in [2.45, 2.75) is 32.8 Å². The predicted octanol–water partition coefficient (Wildman–Crippen LogP) is 1.07. The van der Waals surface area contributed by atoms with Gasteiger partial charge in [0.15, 0.2) is 0 Å². The molecule has 0 aromatic heterocycles. The lowest BCUT2D eigenvalue weighted by molar-refractivity contribution is 0.0602. The van der Waals surface area contributed by atoms with Gasteiger partial charge < -0.3 is 4.84 Å². The summed E-state index contributed by atoms with van der Waals surface area (Å²) in [6.45, 7) is 4.07. The SMILES string of the molecule is CCCC(C)ON. The van der Waals surface area contributed by atoms with Gasteiger partial charge in [-0.05, 0) is 13.3 Å². The molecule has 0 heterocycles. The molecule has 0 radical (unpaired) electrons. The predicted molar refractivity (Wildman–Crippen MR) is 29.6 cm³/mol. The Morgan fingerprint density at radius 2 is 2.29 bits per heavy atom. The minimum atomic E-state index is 0.227. The molecule has 0 fully saturated rings. The molecule has 0 saturated carbocycles. The molecule has 0 spiro atoms. The van der Waals surface area contributed by atoms with Crippen molar-refractivity contribution in [1.29, 1.82) is 0 Å². The molecule has 0 amide bonds. The van der Waals surface area contributed by atoms with Crippen molar-refractivity contribution in [1.82, 2.24) is 0 Å². The highest BCUT2D eigenvalue weighted by Crippen LogP contribution is 1.95. The van der Waals surface area contributed by atoms with Crippen LogP contribution in [0.4, 0.5) is 0 Å². The average Bonchev–Trinajstić information content (AvgIpc) is 1.68. The molecule has 2 nitrogen and oxygen atoms in total. The fourth-order valence-electron chi connectivity index (χ4n) is 0.475. The van der Waals surface area contributed by atoms with E-state index in [-0.39, 0.29) is 6.10 Å². The zero-order valence-corrected chi connectivity index (χ0v) is 4.98. The summed E-state index contributed by atoms with van der Waals surface area (Å²) >= 11 is 0.